The number of para-hydroxylation sites is 2. The summed E-state index contributed by atoms with van der Waals surface area (Å²) < 4.78 is 7.66. The predicted octanol–water partition coefficient (Wildman–Crippen LogP) is 5.73. The Morgan fingerprint density at radius 2 is 1.62 bits per heavy atom. The highest BCUT2D eigenvalue weighted by atomic mass is 16.3. The summed E-state index contributed by atoms with van der Waals surface area (Å²) in [5, 5.41) is 22.2. The Morgan fingerprint density at radius 3 is 2.33 bits per heavy atom. The summed E-state index contributed by atoms with van der Waals surface area (Å²) >= 11 is 0. The van der Waals surface area contributed by atoms with Crippen molar-refractivity contribution < 1.29 is 9.21 Å². The molecule has 3 heterocycles. The van der Waals surface area contributed by atoms with Gasteiger partial charge in [0, 0.05) is 18.0 Å². The molecule has 4 aromatic rings. The van der Waals surface area contributed by atoms with Crippen LogP contribution >= 0.6 is 0 Å². The van der Waals surface area contributed by atoms with Crippen LogP contribution in [0.25, 0.3) is 50.4 Å². The molecule has 0 saturated carbocycles. The fourth-order valence-corrected chi connectivity index (χ4v) is 4.91. The van der Waals surface area contributed by atoms with Crippen LogP contribution in [0.1, 0.15) is 12.5 Å². The van der Waals surface area contributed by atoms with Gasteiger partial charge in [-0.1, -0.05) is 66.7 Å². The van der Waals surface area contributed by atoms with E-state index in [1.54, 1.807) is 10.6 Å². The van der Waals surface area contributed by atoms with Crippen molar-refractivity contribution in [1.29, 1.82) is 10.7 Å². The average Bonchev–Trinajstić information content (AvgIpc) is 2.96. The number of hydrogen-bond acceptors (Lipinski definition) is 6. The Morgan fingerprint density at radius 1 is 0.950 bits per heavy atom. The van der Waals surface area contributed by atoms with Gasteiger partial charge in [0.05, 0.1) is 22.5 Å². The molecule has 0 spiro atoms. The fraction of sp³-hybridized carbons (Fsp3) is 0.0312. The van der Waals surface area contributed by atoms with Crippen LogP contribution in [0.15, 0.2) is 106 Å². The van der Waals surface area contributed by atoms with Gasteiger partial charge in [0.25, 0.3) is 5.56 Å². The average molecular weight is 524 g/mol. The summed E-state index contributed by atoms with van der Waals surface area (Å²) in [6.45, 7) is 1.32. The Hall–Kier alpha value is -5.81. The van der Waals surface area contributed by atoms with Gasteiger partial charge in [0.2, 0.25) is 11.5 Å². The summed E-state index contributed by atoms with van der Waals surface area (Å²) in [5.74, 6) is -0.206. The summed E-state index contributed by atoms with van der Waals surface area (Å²) in [7, 11) is 0. The molecular weight excluding hydrogens is 502 g/mol. The molecule has 3 aromatic carbocycles. The van der Waals surface area contributed by atoms with E-state index < -0.39 is 11.5 Å². The lowest BCUT2D eigenvalue weighted by atomic mass is 9.93. The van der Waals surface area contributed by atoms with E-state index in [1.165, 1.54) is 6.92 Å². The van der Waals surface area contributed by atoms with Crippen LogP contribution in [-0.2, 0) is 4.79 Å². The van der Waals surface area contributed by atoms with Crippen molar-refractivity contribution in [3.8, 4) is 45.5 Å². The van der Waals surface area contributed by atoms with E-state index >= 15 is 0 Å². The minimum Gasteiger partial charge on any atom is -0.438 e. The van der Waals surface area contributed by atoms with Crippen molar-refractivity contribution in [1.82, 2.24) is 9.55 Å². The zero-order chi connectivity index (χ0) is 27.8. The fourth-order valence-electron chi connectivity index (χ4n) is 4.91. The van der Waals surface area contributed by atoms with E-state index in [0.717, 1.165) is 10.9 Å². The van der Waals surface area contributed by atoms with Crippen molar-refractivity contribution in [3.05, 3.63) is 119 Å². The van der Waals surface area contributed by atoms with Gasteiger partial charge in [-0.05, 0) is 41.5 Å². The van der Waals surface area contributed by atoms with Gasteiger partial charge in [0.15, 0.2) is 5.82 Å². The molecule has 2 aliphatic rings. The molecule has 0 bridgehead atoms. The van der Waals surface area contributed by atoms with Crippen LogP contribution < -0.4 is 16.4 Å². The molecule has 8 nitrogen and oxygen atoms in total. The number of pyridine rings is 2. The van der Waals surface area contributed by atoms with Crippen molar-refractivity contribution in [2.75, 3.05) is 5.32 Å². The normalized spacial score (nSPS) is 10.9. The number of anilines is 1. The minimum absolute atomic E-state index is 0.0696. The molecule has 2 N–H and O–H groups in total. The number of carbonyl (C=O) groups is 1. The van der Waals surface area contributed by atoms with Crippen molar-refractivity contribution in [3.63, 3.8) is 0 Å². The number of benzene rings is 3. The molecule has 0 fully saturated rings. The molecule has 2 aliphatic heterocycles. The molecule has 0 atom stereocenters. The lowest BCUT2D eigenvalue weighted by Gasteiger charge is -2.25. The van der Waals surface area contributed by atoms with Gasteiger partial charge >= 0.3 is 0 Å². The van der Waals surface area contributed by atoms with Crippen molar-refractivity contribution in [2.24, 2.45) is 0 Å². The Bertz CT molecular complexity index is 2060. The number of aromatic nitrogens is 2. The highest BCUT2D eigenvalue weighted by Crippen LogP contribution is 2.43. The van der Waals surface area contributed by atoms with E-state index in [9.17, 15) is 14.9 Å². The second kappa shape index (κ2) is 9.82. The lowest BCUT2D eigenvalue weighted by Crippen LogP contribution is -2.23. The number of nitriles is 1. The molecule has 192 valence electrons. The highest BCUT2D eigenvalue weighted by molar-refractivity contribution is 6.01. The summed E-state index contributed by atoms with van der Waals surface area (Å²) in [6.07, 6.45) is 0. The van der Waals surface area contributed by atoms with E-state index in [2.05, 4.69) is 10.3 Å². The third-order valence-electron chi connectivity index (χ3n) is 6.61. The lowest BCUT2D eigenvalue weighted by molar-refractivity contribution is -0.114. The van der Waals surface area contributed by atoms with Crippen LogP contribution in [0.4, 0.5) is 5.69 Å². The van der Waals surface area contributed by atoms with Crippen molar-refractivity contribution in [2.45, 2.75) is 6.92 Å². The van der Waals surface area contributed by atoms with E-state index in [4.69, 9.17) is 9.83 Å². The maximum atomic E-state index is 13.2. The molecule has 6 rings (SSSR count). The maximum Gasteiger partial charge on any atom is 0.291 e. The Balaban J connectivity index is 1.86. The third kappa shape index (κ3) is 4.12. The maximum absolute atomic E-state index is 13.2. The van der Waals surface area contributed by atoms with Crippen LogP contribution in [0.3, 0.4) is 0 Å². The largest absolute Gasteiger partial charge is 0.438 e. The molecule has 0 saturated heterocycles. The second-order valence-corrected chi connectivity index (χ2v) is 9.17. The predicted molar refractivity (Wildman–Crippen MR) is 152 cm³/mol. The first-order chi connectivity index (χ1) is 19.5. The number of fused-ring (bicyclic) bond motifs is 2. The number of nitrogens with zero attached hydrogens (tertiary/aromatic N) is 3. The first kappa shape index (κ1) is 24.5. The highest BCUT2D eigenvalue weighted by Gasteiger charge is 2.28. The van der Waals surface area contributed by atoms with E-state index in [0.29, 0.717) is 33.7 Å². The molecule has 40 heavy (non-hydrogen) atoms. The minimum atomic E-state index is -0.770. The SMILES string of the molecule is CC(=O)Nc1c2c(-c3ccccc3)cc(-c3cc4ccccc4oc3=N)n(-c3ccccc3)c-2nc(=O)c1C#N. The molecule has 0 radical (unpaired) electrons. The van der Waals surface area contributed by atoms with Crippen molar-refractivity contribution >= 4 is 22.6 Å². The molecule has 1 aromatic heterocycles. The quantitative estimate of drug-likeness (QED) is 0.305. The van der Waals surface area contributed by atoms with Crippen LogP contribution in [0.5, 0.6) is 0 Å². The van der Waals surface area contributed by atoms with Crippen LogP contribution in [0, 0.1) is 16.7 Å². The zero-order valence-electron chi connectivity index (χ0n) is 21.3. The number of carbonyl (C=O) groups excluding carboxylic acids is 1. The smallest absolute Gasteiger partial charge is 0.291 e. The summed E-state index contributed by atoms with van der Waals surface area (Å²) in [5.41, 5.74) is 3.07. The second-order valence-electron chi connectivity index (χ2n) is 9.17. The van der Waals surface area contributed by atoms with Gasteiger partial charge in [-0.2, -0.15) is 10.2 Å². The van der Waals surface area contributed by atoms with Gasteiger partial charge in [-0.3, -0.25) is 19.6 Å². The van der Waals surface area contributed by atoms with Gasteiger partial charge in [0.1, 0.15) is 17.2 Å². The van der Waals surface area contributed by atoms with Gasteiger partial charge in [-0.15, -0.1) is 0 Å². The number of nitrogens with one attached hydrogen (secondary N) is 2. The van der Waals surface area contributed by atoms with Crippen LogP contribution in [-0.4, -0.2) is 15.5 Å². The molecule has 0 unspecified atom stereocenters. The van der Waals surface area contributed by atoms with Gasteiger partial charge < -0.3 is 9.73 Å². The number of amides is 1. The molecule has 1 amide bonds. The molecule has 8 heteroatoms. The molecular formula is C32H21N5O3. The topological polar surface area (TPSA) is 125 Å². The first-order valence-corrected chi connectivity index (χ1v) is 12.5. The van der Waals surface area contributed by atoms with Gasteiger partial charge in [-0.25, -0.2) is 0 Å². The Kier molecular flexibility index (Phi) is 6.02. The summed E-state index contributed by atoms with van der Waals surface area (Å²) in [4.78, 5) is 29.9. The Labute approximate surface area is 228 Å². The monoisotopic (exact) mass is 523 g/mol. The number of hydrogen-bond donors (Lipinski definition) is 2. The van der Waals surface area contributed by atoms with E-state index in [-0.39, 0.29) is 22.6 Å². The zero-order valence-corrected chi connectivity index (χ0v) is 21.3. The van der Waals surface area contributed by atoms with E-state index in [1.807, 2.05) is 97.1 Å². The number of rotatable bonds is 4. The summed E-state index contributed by atoms with van der Waals surface area (Å²) in [6, 6.07) is 31.8. The third-order valence-corrected chi connectivity index (χ3v) is 6.61. The standard InChI is InChI=1S/C32H21N5O3/c1-19(38)35-29-25(18-33)32(39)36-31-28(29)23(20-10-4-2-5-11-20)17-26(37(31)22-13-6-3-7-14-22)24-16-21-12-8-9-15-27(21)40-30(24)34/h2-17,34H,1H3,(H,35,38). The molecule has 0 aliphatic carbocycles. The van der Waals surface area contributed by atoms with Crippen LogP contribution in [0.2, 0.25) is 0 Å². The first-order valence-electron chi connectivity index (χ1n) is 12.5.